The molecule has 0 bridgehead atoms. The lowest BCUT2D eigenvalue weighted by atomic mass is 9.62. The number of hydrogen-bond acceptors (Lipinski definition) is 3. The molecule has 2 rings (SSSR count). The molecule has 0 aliphatic heterocycles. The van der Waals surface area contributed by atoms with Gasteiger partial charge in [0.05, 0.1) is 6.61 Å². The number of hydrogen-bond donors (Lipinski definition) is 2. The van der Waals surface area contributed by atoms with Gasteiger partial charge < -0.3 is 10.2 Å². The molecule has 0 amide bonds. The van der Waals surface area contributed by atoms with Crippen molar-refractivity contribution in [3.05, 3.63) is 22.8 Å². The number of rotatable bonds is 2. The van der Waals surface area contributed by atoms with Gasteiger partial charge in [-0.25, -0.2) is 0 Å². The largest absolute Gasteiger partial charge is 0.392 e. The highest BCUT2D eigenvalue weighted by atomic mass is 16.3. The van der Waals surface area contributed by atoms with Gasteiger partial charge in [-0.05, 0) is 49.8 Å². The molecule has 0 aromatic heterocycles. The third-order valence-corrected chi connectivity index (χ3v) is 4.65. The standard InChI is InChI=1S/C18H24O3/c1-12(8-10-19)7-9-18(21)13(2)16(14-5-6-14)15(20)11-17(18,3)4/h8,14,19,21H,5-6,10-11H2,1-4H3. The van der Waals surface area contributed by atoms with E-state index in [9.17, 15) is 9.90 Å². The van der Waals surface area contributed by atoms with Crippen molar-refractivity contribution >= 4 is 5.78 Å². The summed E-state index contributed by atoms with van der Waals surface area (Å²) in [7, 11) is 0. The first-order chi connectivity index (χ1) is 9.73. The van der Waals surface area contributed by atoms with Gasteiger partial charge in [-0.1, -0.05) is 25.7 Å². The zero-order valence-electron chi connectivity index (χ0n) is 13.3. The molecule has 0 heterocycles. The minimum atomic E-state index is -1.29. The predicted octanol–water partition coefficient (Wildman–Crippen LogP) is 2.39. The number of carbonyl (C=O) groups excluding carboxylic acids is 1. The molecular weight excluding hydrogens is 264 g/mol. The summed E-state index contributed by atoms with van der Waals surface area (Å²) in [5.74, 6) is 6.38. The Hall–Kier alpha value is -1.37. The first-order valence-electron chi connectivity index (χ1n) is 7.50. The van der Waals surface area contributed by atoms with Gasteiger partial charge in [-0.3, -0.25) is 4.79 Å². The molecule has 3 heteroatoms. The van der Waals surface area contributed by atoms with E-state index in [-0.39, 0.29) is 12.4 Å². The molecule has 1 fully saturated rings. The van der Waals surface area contributed by atoms with Gasteiger partial charge in [0.2, 0.25) is 0 Å². The molecule has 0 aromatic carbocycles. The van der Waals surface area contributed by atoms with E-state index in [2.05, 4.69) is 11.8 Å². The Morgan fingerprint density at radius 2 is 2.05 bits per heavy atom. The van der Waals surface area contributed by atoms with Crippen LogP contribution >= 0.6 is 0 Å². The van der Waals surface area contributed by atoms with Crippen LogP contribution in [0.2, 0.25) is 0 Å². The van der Waals surface area contributed by atoms with E-state index in [0.29, 0.717) is 12.3 Å². The Morgan fingerprint density at radius 3 is 2.57 bits per heavy atom. The lowest BCUT2D eigenvalue weighted by Gasteiger charge is -2.44. The molecule has 2 aliphatic carbocycles. The van der Waals surface area contributed by atoms with E-state index < -0.39 is 11.0 Å². The summed E-state index contributed by atoms with van der Waals surface area (Å²) in [5.41, 5.74) is 0.340. The molecule has 0 spiro atoms. The van der Waals surface area contributed by atoms with E-state index in [0.717, 1.165) is 29.6 Å². The third-order valence-electron chi connectivity index (χ3n) is 4.65. The Balaban J connectivity index is 2.51. The van der Waals surface area contributed by atoms with Crippen molar-refractivity contribution in [1.82, 2.24) is 0 Å². The maximum Gasteiger partial charge on any atom is 0.159 e. The molecule has 21 heavy (non-hydrogen) atoms. The SMILES string of the molecule is CC(C#CC1(O)C(C)=C(C2CC2)C(=O)CC1(C)C)=CCO. The van der Waals surface area contributed by atoms with Gasteiger partial charge in [-0.2, -0.15) is 0 Å². The lowest BCUT2D eigenvalue weighted by Crippen LogP contribution is -2.50. The van der Waals surface area contributed by atoms with Gasteiger partial charge in [0.25, 0.3) is 0 Å². The summed E-state index contributed by atoms with van der Waals surface area (Å²) in [6, 6.07) is 0. The van der Waals surface area contributed by atoms with Gasteiger partial charge in [0.15, 0.2) is 11.4 Å². The van der Waals surface area contributed by atoms with Gasteiger partial charge in [0.1, 0.15) is 0 Å². The average molecular weight is 288 g/mol. The highest BCUT2D eigenvalue weighted by Gasteiger charge is 2.52. The van der Waals surface area contributed by atoms with Crippen LogP contribution in [0, 0.1) is 23.2 Å². The molecule has 1 atom stereocenters. The lowest BCUT2D eigenvalue weighted by molar-refractivity contribution is -0.122. The topological polar surface area (TPSA) is 57.5 Å². The minimum absolute atomic E-state index is 0.0665. The number of allylic oxidation sites excluding steroid dienone is 2. The van der Waals surface area contributed by atoms with Gasteiger partial charge in [0, 0.05) is 17.4 Å². The van der Waals surface area contributed by atoms with Crippen LogP contribution in [0.4, 0.5) is 0 Å². The van der Waals surface area contributed by atoms with Crippen molar-refractivity contribution < 1.29 is 15.0 Å². The van der Waals surface area contributed by atoms with Crippen molar-refractivity contribution in [2.45, 2.75) is 52.6 Å². The normalized spacial score (nSPS) is 29.2. The Morgan fingerprint density at radius 1 is 1.43 bits per heavy atom. The van der Waals surface area contributed by atoms with Crippen LogP contribution in [0.3, 0.4) is 0 Å². The zero-order valence-corrected chi connectivity index (χ0v) is 13.3. The highest BCUT2D eigenvalue weighted by molar-refractivity contribution is 5.99. The van der Waals surface area contributed by atoms with E-state index in [1.807, 2.05) is 20.8 Å². The Labute approximate surface area is 126 Å². The number of Topliss-reactive ketones (excluding diaryl/α,β-unsaturated/α-hetero) is 1. The molecular formula is C18H24O3. The number of aliphatic hydroxyl groups is 2. The van der Waals surface area contributed by atoms with E-state index in [1.165, 1.54) is 0 Å². The number of ketones is 1. The highest BCUT2D eigenvalue weighted by Crippen LogP contribution is 2.50. The van der Waals surface area contributed by atoms with Crippen LogP contribution in [0.15, 0.2) is 22.8 Å². The first kappa shape index (κ1) is 16.0. The Bertz CT molecular complexity index is 579. The smallest absolute Gasteiger partial charge is 0.159 e. The molecule has 3 nitrogen and oxygen atoms in total. The molecule has 1 unspecified atom stereocenters. The maximum absolute atomic E-state index is 12.4. The van der Waals surface area contributed by atoms with E-state index in [4.69, 9.17) is 5.11 Å². The summed E-state index contributed by atoms with van der Waals surface area (Å²) >= 11 is 0. The van der Waals surface area contributed by atoms with Crippen LogP contribution in [-0.2, 0) is 4.79 Å². The molecule has 2 aliphatic rings. The number of carbonyl (C=O) groups is 1. The second kappa shape index (κ2) is 5.44. The molecule has 0 aromatic rings. The second-order valence-electron chi connectivity index (χ2n) is 6.83. The van der Waals surface area contributed by atoms with Crippen molar-refractivity contribution in [2.75, 3.05) is 6.61 Å². The quantitative estimate of drug-likeness (QED) is 0.767. The molecule has 0 saturated heterocycles. The van der Waals surface area contributed by atoms with Crippen molar-refractivity contribution in [1.29, 1.82) is 0 Å². The van der Waals surface area contributed by atoms with Crippen LogP contribution in [0.25, 0.3) is 0 Å². The summed E-state index contributed by atoms with van der Waals surface area (Å²) < 4.78 is 0. The fourth-order valence-corrected chi connectivity index (χ4v) is 3.08. The van der Waals surface area contributed by atoms with E-state index >= 15 is 0 Å². The number of aliphatic hydroxyl groups excluding tert-OH is 1. The van der Waals surface area contributed by atoms with Gasteiger partial charge in [-0.15, -0.1) is 0 Å². The Kier molecular flexibility index (Phi) is 4.15. The first-order valence-corrected chi connectivity index (χ1v) is 7.50. The summed E-state index contributed by atoms with van der Waals surface area (Å²) in [5, 5.41) is 20.1. The minimum Gasteiger partial charge on any atom is -0.392 e. The van der Waals surface area contributed by atoms with Crippen LogP contribution in [0.5, 0.6) is 0 Å². The van der Waals surface area contributed by atoms with Gasteiger partial charge >= 0.3 is 0 Å². The monoisotopic (exact) mass is 288 g/mol. The maximum atomic E-state index is 12.4. The van der Waals surface area contributed by atoms with Crippen molar-refractivity contribution in [3.63, 3.8) is 0 Å². The fourth-order valence-electron chi connectivity index (χ4n) is 3.08. The van der Waals surface area contributed by atoms with Crippen molar-refractivity contribution in [3.8, 4) is 11.8 Å². The average Bonchev–Trinajstić information content (AvgIpc) is 3.18. The van der Waals surface area contributed by atoms with Crippen LogP contribution < -0.4 is 0 Å². The summed E-state index contributed by atoms with van der Waals surface area (Å²) in [6.07, 6.45) is 4.00. The summed E-state index contributed by atoms with van der Waals surface area (Å²) in [4.78, 5) is 12.4. The zero-order chi connectivity index (χ0) is 15.8. The van der Waals surface area contributed by atoms with Crippen molar-refractivity contribution in [2.24, 2.45) is 11.3 Å². The summed E-state index contributed by atoms with van der Waals surface area (Å²) in [6.45, 7) is 7.35. The second-order valence-corrected chi connectivity index (χ2v) is 6.83. The fraction of sp³-hybridized carbons (Fsp3) is 0.611. The van der Waals surface area contributed by atoms with E-state index in [1.54, 1.807) is 13.0 Å². The molecule has 0 radical (unpaired) electrons. The molecule has 2 N–H and O–H groups in total. The predicted molar refractivity (Wildman–Crippen MR) is 82.4 cm³/mol. The van der Waals surface area contributed by atoms with Crippen LogP contribution in [0.1, 0.15) is 47.0 Å². The van der Waals surface area contributed by atoms with Crippen LogP contribution in [-0.4, -0.2) is 28.2 Å². The molecule has 1 saturated carbocycles. The third kappa shape index (κ3) is 2.84. The molecule has 114 valence electrons.